The number of rotatable bonds is 6. The topological polar surface area (TPSA) is 0 Å². The minimum atomic E-state index is 0.636. The van der Waals surface area contributed by atoms with Gasteiger partial charge in [0.15, 0.2) is 0 Å². The number of allylic oxidation sites excluding steroid dienone is 2. The number of hydrogen-bond donors (Lipinski definition) is 0. The van der Waals surface area contributed by atoms with E-state index in [-0.39, 0.29) is 0 Å². The monoisotopic (exact) mass is 198 g/mol. The molecule has 76 valence electrons. The molecular formula is C12H22S. The molecular weight excluding hydrogens is 176 g/mol. The molecule has 0 saturated heterocycles. The van der Waals surface area contributed by atoms with Crippen LogP contribution in [0.3, 0.4) is 0 Å². The Morgan fingerprint density at radius 2 is 1.31 bits per heavy atom. The average Bonchev–Trinajstić information content (AvgIpc) is 2.11. The molecule has 0 spiro atoms. The zero-order chi connectivity index (χ0) is 10.1. The fraction of sp³-hybridized carbons (Fsp3) is 0.667. The van der Waals surface area contributed by atoms with Crippen molar-refractivity contribution in [1.29, 1.82) is 0 Å². The first-order chi connectivity index (χ1) is 6.20. The lowest BCUT2D eigenvalue weighted by atomic mass is 10.3. The van der Waals surface area contributed by atoms with Crippen molar-refractivity contribution in [3.05, 3.63) is 24.3 Å². The molecule has 0 aromatic heterocycles. The fourth-order valence-corrected chi connectivity index (χ4v) is 2.17. The maximum absolute atomic E-state index is 2.29. The maximum Gasteiger partial charge on any atom is 0.0204 e. The van der Waals surface area contributed by atoms with Crippen molar-refractivity contribution in [1.82, 2.24) is 0 Å². The normalized spacial score (nSPS) is 16.9. The van der Waals surface area contributed by atoms with Crippen molar-refractivity contribution < 1.29 is 0 Å². The summed E-state index contributed by atoms with van der Waals surface area (Å²) in [7, 11) is 0. The quantitative estimate of drug-likeness (QED) is 0.569. The zero-order valence-corrected chi connectivity index (χ0v) is 10.1. The molecule has 2 atom stereocenters. The summed E-state index contributed by atoms with van der Waals surface area (Å²) in [5.41, 5.74) is 0. The Morgan fingerprint density at radius 1 is 0.923 bits per heavy atom. The second-order valence-corrected chi connectivity index (χ2v) is 4.98. The van der Waals surface area contributed by atoms with Gasteiger partial charge in [-0.1, -0.05) is 38.2 Å². The van der Waals surface area contributed by atoms with Crippen LogP contribution >= 0.6 is 11.8 Å². The maximum atomic E-state index is 2.29. The minimum absolute atomic E-state index is 0.636. The fourth-order valence-electron chi connectivity index (χ4n) is 1.08. The molecule has 0 aliphatic heterocycles. The van der Waals surface area contributed by atoms with E-state index in [2.05, 4.69) is 52.0 Å². The van der Waals surface area contributed by atoms with Crippen LogP contribution in [0.5, 0.6) is 0 Å². The second kappa shape index (κ2) is 8.43. The van der Waals surface area contributed by atoms with Crippen LogP contribution in [0.25, 0.3) is 0 Å². The zero-order valence-electron chi connectivity index (χ0n) is 9.29. The van der Waals surface area contributed by atoms with Crippen LogP contribution in [0.15, 0.2) is 24.3 Å². The number of hydrogen-bond acceptors (Lipinski definition) is 1. The van der Waals surface area contributed by atoms with Gasteiger partial charge in [-0.2, -0.15) is 0 Å². The molecule has 2 unspecified atom stereocenters. The Balaban J connectivity index is 3.70. The molecule has 0 aromatic rings. The summed E-state index contributed by atoms with van der Waals surface area (Å²) < 4.78 is 0. The van der Waals surface area contributed by atoms with Crippen molar-refractivity contribution in [3.8, 4) is 0 Å². The summed E-state index contributed by atoms with van der Waals surface area (Å²) in [5, 5.41) is 1.27. The molecule has 0 aromatic carbocycles. The van der Waals surface area contributed by atoms with Crippen LogP contribution < -0.4 is 0 Å². The van der Waals surface area contributed by atoms with Crippen LogP contribution in [-0.2, 0) is 0 Å². The predicted molar refractivity (Wildman–Crippen MR) is 65.4 cm³/mol. The highest BCUT2D eigenvalue weighted by Crippen LogP contribution is 2.19. The molecule has 0 amide bonds. The van der Waals surface area contributed by atoms with Gasteiger partial charge in [0.1, 0.15) is 0 Å². The third kappa shape index (κ3) is 8.17. The van der Waals surface area contributed by atoms with E-state index < -0.39 is 0 Å². The molecule has 0 N–H and O–H groups in total. The molecule has 0 aliphatic rings. The van der Waals surface area contributed by atoms with Gasteiger partial charge in [-0.15, -0.1) is 11.8 Å². The van der Waals surface area contributed by atoms with Gasteiger partial charge in [0.05, 0.1) is 0 Å². The van der Waals surface area contributed by atoms with Crippen molar-refractivity contribution >= 4 is 11.8 Å². The van der Waals surface area contributed by atoms with Gasteiger partial charge < -0.3 is 0 Å². The molecule has 0 aliphatic carbocycles. The van der Waals surface area contributed by atoms with Crippen LogP contribution in [0.4, 0.5) is 0 Å². The molecule has 0 rings (SSSR count). The summed E-state index contributed by atoms with van der Waals surface area (Å²) in [5.74, 6) is 0. The average molecular weight is 198 g/mol. The van der Waals surface area contributed by atoms with Crippen molar-refractivity contribution in [2.24, 2.45) is 0 Å². The van der Waals surface area contributed by atoms with Gasteiger partial charge in [0.25, 0.3) is 0 Å². The van der Waals surface area contributed by atoms with E-state index >= 15 is 0 Å². The molecule has 0 heterocycles. The summed E-state index contributed by atoms with van der Waals surface area (Å²) in [4.78, 5) is 0. The summed E-state index contributed by atoms with van der Waals surface area (Å²) >= 11 is 2.01. The summed E-state index contributed by atoms with van der Waals surface area (Å²) in [6.07, 6.45) is 11.4. The lowest BCUT2D eigenvalue weighted by Gasteiger charge is -2.10. The highest BCUT2D eigenvalue weighted by Gasteiger charge is 2.01. The third-order valence-electron chi connectivity index (χ3n) is 1.71. The Labute approximate surface area is 87.5 Å². The van der Waals surface area contributed by atoms with E-state index in [1.165, 1.54) is 0 Å². The Kier molecular flexibility index (Phi) is 8.32. The van der Waals surface area contributed by atoms with E-state index in [1.54, 1.807) is 0 Å². The van der Waals surface area contributed by atoms with Gasteiger partial charge in [-0.05, 0) is 26.7 Å². The summed E-state index contributed by atoms with van der Waals surface area (Å²) in [6, 6.07) is 0. The van der Waals surface area contributed by atoms with Gasteiger partial charge >= 0.3 is 0 Å². The minimum Gasteiger partial charge on any atom is -0.147 e. The smallest absolute Gasteiger partial charge is 0.0204 e. The highest BCUT2D eigenvalue weighted by atomic mass is 32.2. The molecule has 0 bridgehead atoms. The van der Waals surface area contributed by atoms with Gasteiger partial charge in [0.2, 0.25) is 0 Å². The Bertz CT molecular complexity index is 141. The largest absolute Gasteiger partial charge is 0.147 e. The lowest BCUT2D eigenvalue weighted by molar-refractivity contribution is 1.13. The Morgan fingerprint density at radius 3 is 1.62 bits per heavy atom. The molecule has 0 fully saturated rings. The first kappa shape index (κ1) is 12.8. The van der Waals surface area contributed by atoms with E-state index in [0.717, 1.165) is 12.8 Å². The lowest BCUT2D eigenvalue weighted by Crippen LogP contribution is -1.98. The SMILES string of the molecule is CC/C=C/C(C)SC(C)/C=C/CC. The first-order valence-electron chi connectivity index (χ1n) is 5.19. The molecule has 0 nitrogen and oxygen atoms in total. The van der Waals surface area contributed by atoms with Crippen LogP contribution in [-0.4, -0.2) is 10.5 Å². The van der Waals surface area contributed by atoms with Crippen LogP contribution in [0.2, 0.25) is 0 Å². The first-order valence-corrected chi connectivity index (χ1v) is 6.13. The molecule has 1 heteroatoms. The van der Waals surface area contributed by atoms with Crippen LogP contribution in [0.1, 0.15) is 40.5 Å². The Hall–Kier alpha value is -0.170. The van der Waals surface area contributed by atoms with E-state index in [4.69, 9.17) is 0 Å². The van der Waals surface area contributed by atoms with E-state index in [9.17, 15) is 0 Å². The van der Waals surface area contributed by atoms with Gasteiger partial charge in [0, 0.05) is 10.5 Å². The highest BCUT2D eigenvalue weighted by molar-refractivity contribution is 8.00. The molecule has 0 saturated carbocycles. The van der Waals surface area contributed by atoms with Crippen LogP contribution in [0, 0.1) is 0 Å². The number of thioether (sulfide) groups is 1. The third-order valence-corrected chi connectivity index (χ3v) is 2.89. The van der Waals surface area contributed by atoms with E-state index in [0.29, 0.717) is 10.5 Å². The van der Waals surface area contributed by atoms with Crippen molar-refractivity contribution in [2.45, 2.75) is 51.0 Å². The molecule has 13 heavy (non-hydrogen) atoms. The second-order valence-electron chi connectivity index (χ2n) is 3.22. The van der Waals surface area contributed by atoms with Gasteiger partial charge in [-0.25, -0.2) is 0 Å². The standard InChI is InChI=1S/C12H22S/c1-5-7-9-11(3)13-12(4)10-8-6-2/h7-12H,5-6H2,1-4H3/b9-7+,10-8+. The summed E-state index contributed by atoms with van der Waals surface area (Å²) in [6.45, 7) is 8.86. The van der Waals surface area contributed by atoms with Crippen molar-refractivity contribution in [3.63, 3.8) is 0 Å². The van der Waals surface area contributed by atoms with Gasteiger partial charge in [-0.3, -0.25) is 0 Å². The predicted octanol–water partition coefficient (Wildman–Crippen LogP) is 4.43. The van der Waals surface area contributed by atoms with Crippen molar-refractivity contribution in [2.75, 3.05) is 0 Å². The molecule has 0 radical (unpaired) electrons. The van der Waals surface area contributed by atoms with E-state index in [1.807, 2.05) is 11.8 Å².